The van der Waals surface area contributed by atoms with Gasteiger partial charge in [0.25, 0.3) is 5.78 Å². The second-order valence-electron chi connectivity index (χ2n) is 5.26. The number of imidazole rings is 1. The Labute approximate surface area is 139 Å². The molecule has 0 radical (unpaired) electrons. The van der Waals surface area contributed by atoms with Crippen molar-refractivity contribution in [1.29, 1.82) is 0 Å². The van der Waals surface area contributed by atoms with Gasteiger partial charge in [-0.2, -0.15) is 4.98 Å². The number of H-pyrrole nitrogens is 1. The van der Waals surface area contributed by atoms with E-state index in [1.807, 2.05) is 22.7 Å². The predicted molar refractivity (Wildman–Crippen MR) is 91.1 cm³/mol. The maximum absolute atomic E-state index is 12.9. The molecule has 4 rings (SSSR count). The van der Waals surface area contributed by atoms with Crippen LogP contribution in [0.3, 0.4) is 0 Å². The Kier molecular flexibility index (Phi) is 3.49. The molecule has 23 heavy (non-hydrogen) atoms. The summed E-state index contributed by atoms with van der Waals surface area (Å²) in [5.74, 6) is 1.08. The Morgan fingerprint density at radius 2 is 1.96 bits per heavy atom. The lowest BCUT2D eigenvalue weighted by Crippen LogP contribution is -2.06. The van der Waals surface area contributed by atoms with Crippen LogP contribution in [-0.2, 0) is 6.42 Å². The molecule has 0 saturated carbocycles. The summed E-state index contributed by atoms with van der Waals surface area (Å²) in [5.41, 5.74) is 2.93. The number of nitrogens with zero attached hydrogens (tertiary/aromatic N) is 3. The van der Waals surface area contributed by atoms with E-state index in [0.29, 0.717) is 18.3 Å². The molecule has 0 atom stereocenters. The molecule has 0 aliphatic carbocycles. The van der Waals surface area contributed by atoms with Gasteiger partial charge in [0, 0.05) is 11.0 Å². The van der Waals surface area contributed by atoms with E-state index in [2.05, 4.69) is 36.3 Å². The number of hydrogen-bond donors (Lipinski definition) is 2. The molecular formula is C16H13BrFN5. The molecule has 2 aromatic carbocycles. The van der Waals surface area contributed by atoms with Gasteiger partial charge in [0.2, 0.25) is 5.95 Å². The zero-order valence-electron chi connectivity index (χ0n) is 12.1. The van der Waals surface area contributed by atoms with Crippen molar-refractivity contribution in [2.75, 3.05) is 11.9 Å². The fraction of sp³-hybridized carbons (Fsp3) is 0.125. The standard InChI is InChI=1S/C16H13BrFN5/c17-11-3-6-14-13(9-11)20-16-21-15(22-23(14)16)19-8-7-10-1-4-12(18)5-2-10/h1-6,9H,7-8H2,(H2,19,20,21,22). The number of anilines is 1. The fourth-order valence-corrected chi connectivity index (χ4v) is 2.86. The van der Waals surface area contributed by atoms with Crippen LogP contribution >= 0.6 is 15.9 Å². The first-order valence-corrected chi connectivity index (χ1v) is 8.00. The van der Waals surface area contributed by atoms with Gasteiger partial charge >= 0.3 is 0 Å². The third-order valence-electron chi connectivity index (χ3n) is 3.65. The first-order valence-electron chi connectivity index (χ1n) is 7.21. The zero-order valence-corrected chi connectivity index (χ0v) is 13.6. The Balaban J connectivity index is 1.50. The topological polar surface area (TPSA) is 58.0 Å². The lowest BCUT2D eigenvalue weighted by molar-refractivity contribution is 0.627. The smallest absolute Gasteiger partial charge is 0.253 e. The van der Waals surface area contributed by atoms with Crippen molar-refractivity contribution < 1.29 is 4.39 Å². The third-order valence-corrected chi connectivity index (χ3v) is 4.14. The van der Waals surface area contributed by atoms with E-state index in [-0.39, 0.29) is 5.82 Å². The molecule has 5 nitrogen and oxygen atoms in total. The minimum absolute atomic E-state index is 0.215. The van der Waals surface area contributed by atoms with Crippen molar-refractivity contribution in [2.45, 2.75) is 6.42 Å². The second-order valence-corrected chi connectivity index (χ2v) is 6.17. The van der Waals surface area contributed by atoms with Crippen LogP contribution in [-0.4, -0.2) is 26.1 Å². The van der Waals surface area contributed by atoms with E-state index >= 15 is 0 Å². The van der Waals surface area contributed by atoms with Gasteiger partial charge in [0.1, 0.15) is 5.82 Å². The molecule has 116 valence electrons. The van der Waals surface area contributed by atoms with Gasteiger partial charge in [0.15, 0.2) is 0 Å². The lowest BCUT2D eigenvalue weighted by atomic mass is 10.1. The predicted octanol–water partition coefficient (Wildman–Crippen LogP) is 3.77. The maximum atomic E-state index is 12.9. The van der Waals surface area contributed by atoms with Crippen LogP contribution in [0.1, 0.15) is 5.56 Å². The molecule has 7 heteroatoms. The number of rotatable bonds is 4. The molecule has 0 saturated heterocycles. The summed E-state index contributed by atoms with van der Waals surface area (Å²) in [6, 6.07) is 12.4. The lowest BCUT2D eigenvalue weighted by Gasteiger charge is -2.03. The van der Waals surface area contributed by atoms with Gasteiger partial charge in [0.05, 0.1) is 11.0 Å². The minimum atomic E-state index is -0.215. The quantitative estimate of drug-likeness (QED) is 0.572. The SMILES string of the molecule is Fc1ccc(CCNc2nc3nc4cc(Br)ccc4n3[nH]2)cc1. The molecule has 0 fully saturated rings. The summed E-state index contributed by atoms with van der Waals surface area (Å²) in [7, 11) is 0. The molecule has 0 amide bonds. The summed E-state index contributed by atoms with van der Waals surface area (Å²) in [6.45, 7) is 0.700. The summed E-state index contributed by atoms with van der Waals surface area (Å²) in [4.78, 5) is 8.92. The minimum Gasteiger partial charge on any atom is -0.354 e. The molecule has 4 aromatic rings. The maximum Gasteiger partial charge on any atom is 0.253 e. The van der Waals surface area contributed by atoms with Crippen molar-refractivity contribution in [3.8, 4) is 0 Å². The molecule has 0 unspecified atom stereocenters. The Bertz CT molecular complexity index is 973. The molecule has 2 heterocycles. The Hall–Kier alpha value is -2.41. The molecule has 2 N–H and O–H groups in total. The van der Waals surface area contributed by atoms with E-state index in [4.69, 9.17) is 0 Å². The summed E-state index contributed by atoms with van der Waals surface area (Å²) in [5, 5.41) is 6.42. The van der Waals surface area contributed by atoms with Crippen LogP contribution in [0, 0.1) is 5.82 Å². The largest absolute Gasteiger partial charge is 0.354 e. The normalized spacial score (nSPS) is 11.4. The van der Waals surface area contributed by atoms with Crippen LogP contribution < -0.4 is 5.32 Å². The van der Waals surface area contributed by atoms with Crippen LogP contribution in [0.4, 0.5) is 10.3 Å². The van der Waals surface area contributed by atoms with Gasteiger partial charge in [-0.15, -0.1) is 0 Å². The van der Waals surface area contributed by atoms with Crippen molar-refractivity contribution in [1.82, 2.24) is 19.6 Å². The van der Waals surface area contributed by atoms with Gasteiger partial charge in [-0.1, -0.05) is 28.1 Å². The van der Waals surface area contributed by atoms with Crippen LogP contribution in [0.5, 0.6) is 0 Å². The fourth-order valence-electron chi connectivity index (χ4n) is 2.51. The highest BCUT2D eigenvalue weighted by Gasteiger charge is 2.09. The number of halogens is 2. The average Bonchev–Trinajstić information content (AvgIpc) is 3.06. The highest BCUT2D eigenvalue weighted by molar-refractivity contribution is 9.10. The van der Waals surface area contributed by atoms with Crippen molar-refractivity contribution in [3.05, 3.63) is 58.3 Å². The molecule has 0 spiro atoms. The monoisotopic (exact) mass is 373 g/mol. The van der Waals surface area contributed by atoms with Gasteiger partial charge in [-0.05, 0) is 42.3 Å². The van der Waals surface area contributed by atoms with Gasteiger partial charge < -0.3 is 5.32 Å². The highest BCUT2D eigenvalue weighted by atomic mass is 79.9. The van der Waals surface area contributed by atoms with E-state index in [9.17, 15) is 4.39 Å². The van der Waals surface area contributed by atoms with Crippen LogP contribution in [0.15, 0.2) is 46.9 Å². The molecular weight excluding hydrogens is 361 g/mol. The number of aromatic amines is 1. The Morgan fingerprint density at radius 3 is 2.78 bits per heavy atom. The zero-order chi connectivity index (χ0) is 15.8. The average molecular weight is 374 g/mol. The van der Waals surface area contributed by atoms with Crippen molar-refractivity contribution in [2.24, 2.45) is 0 Å². The molecule has 2 aromatic heterocycles. The summed E-state index contributed by atoms with van der Waals surface area (Å²) < 4.78 is 15.7. The number of nitrogens with one attached hydrogen (secondary N) is 2. The Morgan fingerprint density at radius 1 is 1.13 bits per heavy atom. The highest BCUT2D eigenvalue weighted by Crippen LogP contribution is 2.20. The first-order chi connectivity index (χ1) is 11.2. The van der Waals surface area contributed by atoms with Gasteiger partial charge in [-0.3, -0.25) is 5.10 Å². The molecule has 0 bridgehead atoms. The van der Waals surface area contributed by atoms with Gasteiger partial charge in [-0.25, -0.2) is 13.9 Å². The summed E-state index contributed by atoms with van der Waals surface area (Å²) in [6.07, 6.45) is 0.789. The summed E-state index contributed by atoms with van der Waals surface area (Å²) >= 11 is 3.44. The van der Waals surface area contributed by atoms with Crippen molar-refractivity contribution >= 4 is 38.7 Å². The van der Waals surface area contributed by atoms with E-state index in [1.54, 1.807) is 12.1 Å². The van der Waals surface area contributed by atoms with E-state index in [0.717, 1.165) is 27.5 Å². The van der Waals surface area contributed by atoms with E-state index in [1.165, 1.54) is 12.1 Å². The van der Waals surface area contributed by atoms with Crippen LogP contribution in [0.25, 0.3) is 16.8 Å². The number of hydrogen-bond acceptors (Lipinski definition) is 3. The number of benzene rings is 2. The second kappa shape index (κ2) is 5.66. The third kappa shape index (κ3) is 2.79. The molecule has 0 aliphatic rings. The van der Waals surface area contributed by atoms with Crippen molar-refractivity contribution in [3.63, 3.8) is 0 Å². The van der Waals surface area contributed by atoms with Crippen LogP contribution in [0.2, 0.25) is 0 Å². The number of fused-ring (bicyclic) bond motifs is 3. The molecule has 0 aliphatic heterocycles. The van der Waals surface area contributed by atoms with E-state index < -0.39 is 0 Å². The first kappa shape index (κ1) is 14.2. The number of aromatic nitrogens is 4.